The van der Waals surface area contributed by atoms with Gasteiger partial charge in [0.15, 0.2) is 11.7 Å². The van der Waals surface area contributed by atoms with E-state index in [0.29, 0.717) is 24.9 Å². The lowest BCUT2D eigenvalue weighted by atomic mass is 10.1. The molecule has 0 spiro atoms. The third-order valence-corrected chi connectivity index (χ3v) is 6.03. The summed E-state index contributed by atoms with van der Waals surface area (Å²) in [4.78, 5) is 23.6. The number of guanidine groups is 1. The van der Waals surface area contributed by atoms with Gasteiger partial charge in [-0.1, -0.05) is 30.3 Å². The number of rotatable bonds is 5. The Morgan fingerprint density at radius 2 is 1.70 bits per heavy atom. The first-order chi connectivity index (χ1) is 14.8. The number of furan rings is 1. The third kappa shape index (κ3) is 4.67. The molecule has 160 valence electrons. The van der Waals surface area contributed by atoms with Crippen LogP contribution in [0.5, 0.6) is 0 Å². The molecule has 1 atom stereocenters. The molecule has 1 aromatic carbocycles. The van der Waals surface area contributed by atoms with Gasteiger partial charge in [0.05, 0.1) is 12.3 Å². The van der Waals surface area contributed by atoms with Crippen molar-refractivity contribution in [1.82, 2.24) is 20.0 Å². The molecule has 2 fully saturated rings. The number of nitrogens with one attached hydrogen (secondary N) is 1. The van der Waals surface area contributed by atoms with E-state index < -0.39 is 0 Å². The molecule has 1 aromatic heterocycles. The van der Waals surface area contributed by atoms with Crippen LogP contribution in [0.25, 0.3) is 0 Å². The Kier molecular flexibility index (Phi) is 6.69. The molecule has 2 aliphatic rings. The van der Waals surface area contributed by atoms with Crippen molar-refractivity contribution in [2.24, 2.45) is 4.99 Å². The van der Waals surface area contributed by atoms with Crippen LogP contribution in [0.15, 0.2) is 58.1 Å². The minimum absolute atomic E-state index is 0.0410. The molecule has 2 saturated heterocycles. The molecule has 1 unspecified atom stereocenters. The molecule has 2 aliphatic heterocycles. The van der Waals surface area contributed by atoms with Crippen LogP contribution in [0.3, 0.4) is 0 Å². The summed E-state index contributed by atoms with van der Waals surface area (Å²) in [6, 6.07) is 14.5. The van der Waals surface area contributed by atoms with Gasteiger partial charge >= 0.3 is 0 Å². The standard InChI is InChI=1S/C23H31N5O2/c1-24-23(28-15-13-27(14-16-28)22(29)21-10-7-17-30-21)25-18-20(26-11-5-6-12-26)19-8-3-2-4-9-19/h2-4,7-10,17,20H,5-6,11-16,18H2,1H3,(H,24,25). The van der Waals surface area contributed by atoms with E-state index in [1.54, 1.807) is 18.4 Å². The topological polar surface area (TPSA) is 64.3 Å². The Labute approximate surface area is 178 Å². The number of hydrogen-bond acceptors (Lipinski definition) is 4. The SMILES string of the molecule is CN=C(NCC(c1ccccc1)N1CCCC1)N1CCN(C(=O)c2ccco2)CC1. The Hall–Kier alpha value is -2.80. The zero-order valence-corrected chi connectivity index (χ0v) is 17.7. The van der Waals surface area contributed by atoms with Gasteiger partial charge < -0.3 is 19.5 Å². The normalized spacial score (nSPS) is 19.2. The van der Waals surface area contributed by atoms with Gasteiger partial charge in [-0.3, -0.25) is 14.7 Å². The van der Waals surface area contributed by atoms with Crippen LogP contribution in [-0.2, 0) is 0 Å². The average molecular weight is 410 g/mol. The molecule has 0 bridgehead atoms. The van der Waals surface area contributed by atoms with Gasteiger partial charge in [-0.15, -0.1) is 0 Å². The van der Waals surface area contributed by atoms with E-state index in [1.165, 1.54) is 18.4 Å². The number of likely N-dealkylation sites (tertiary alicyclic amines) is 1. The number of aliphatic imine (C=N–C) groups is 1. The molecule has 1 N–H and O–H groups in total. The molecule has 7 nitrogen and oxygen atoms in total. The van der Waals surface area contributed by atoms with Crippen LogP contribution in [0.1, 0.15) is 35.0 Å². The third-order valence-electron chi connectivity index (χ3n) is 6.03. The molecule has 7 heteroatoms. The largest absolute Gasteiger partial charge is 0.459 e. The minimum Gasteiger partial charge on any atom is -0.459 e. The lowest BCUT2D eigenvalue weighted by molar-refractivity contribution is 0.0657. The van der Waals surface area contributed by atoms with Crippen molar-refractivity contribution in [3.05, 3.63) is 60.1 Å². The second-order valence-corrected chi connectivity index (χ2v) is 7.85. The second-order valence-electron chi connectivity index (χ2n) is 7.85. The van der Waals surface area contributed by atoms with Crippen LogP contribution in [0.4, 0.5) is 0 Å². The van der Waals surface area contributed by atoms with Crippen LogP contribution < -0.4 is 5.32 Å². The molecule has 3 heterocycles. The van der Waals surface area contributed by atoms with Crippen LogP contribution >= 0.6 is 0 Å². The molecule has 2 aromatic rings. The maximum absolute atomic E-state index is 12.5. The fourth-order valence-electron chi connectivity index (χ4n) is 4.38. The number of carbonyl (C=O) groups excluding carboxylic acids is 1. The minimum atomic E-state index is -0.0410. The predicted molar refractivity (Wildman–Crippen MR) is 118 cm³/mol. The van der Waals surface area contributed by atoms with Crippen molar-refractivity contribution in [3.8, 4) is 0 Å². The monoisotopic (exact) mass is 409 g/mol. The quantitative estimate of drug-likeness (QED) is 0.607. The van der Waals surface area contributed by atoms with Crippen molar-refractivity contribution in [2.75, 3.05) is 52.9 Å². The summed E-state index contributed by atoms with van der Waals surface area (Å²) in [6.45, 7) is 5.95. The first kappa shape index (κ1) is 20.5. The second kappa shape index (κ2) is 9.80. The van der Waals surface area contributed by atoms with E-state index in [4.69, 9.17) is 4.42 Å². The van der Waals surface area contributed by atoms with E-state index in [9.17, 15) is 4.79 Å². The summed E-state index contributed by atoms with van der Waals surface area (Å²) < 4.78 is 5.25. The number of carbonyl (C=O) groups is 1. The zero-order valence-electron chi connectivity index (χ0n) is 17.7. The van der Waals surface area contributed by atoms with Crippen LogP contribution in [0.2, 0.25) is 0 Å². The summed E-state index contributed by atoms with van der Waals surface area (Å²) in [5, 5.41) is 3.60. The highest BCUT2D eigenvalue weighted by atomic mass is 16.3. The Bertz CT molecular complexity index is 823. The maximum atomic E-state index is 12.5. The fraction of sp³-hybridized carbons (Fsp3) is 0.478. The molecule has 0 aliphatic carbocycles. The van der Waals surface area contributed by atoms with Crippen molar-refractivity contribution in [2.45, 2.75) is 18.9 Å². The van der Waals surface area contributed by atoms with Crippen LogP contribution in [0, 0.1) is 0 Å². The van der Waals surface area contributed by atoms with Crippen molar-refractivity contribution >= 4 is 11.9 Å². The average Bonchev–Trinajstić information content (AvgIpc) is 3.52. The highest BCUT2D eigenvalue weighted by Crippen LogP contribution is 2.24. The van der Waals surface area contributed by atoms with Crippen molar-refractivity contribution < 1.29 is 9.21 Å². The maximum Gasteiger partial charge on any atom is 0.289 e. The Morgan fingerprint density at radius 1 is 1.00 bits per heavy atom. The number of benzene rings is 1. The van der Waals surface area contributed by atoms with Crippen molar-refractivity contribution in [3.63, 3.8) is 0 Å². The summed E-state index contributed by atoms with van der Waals surface area (Å²) >= 11 is 0. The molecule has 30 heavy (non-hydrogen) atoms. The van der Waals surface area contributed by atoms with Gasteiger partial charge in [0, 0.05) is 39.8 Å². The van der Waals surface area contributed by atoms with E-state index in [2.05, 4.69) is 50.4 Å². The highest BCUT2D eigenvalue weighted by molar-refractivity contribution is 5.91. The molecule has 0 radical (unpaired) electrons. The molecule has 4 rings (SSSR count). The van der Waals surface area contributed by atoms with Gasteiger partial charge in [0.1, 0.15) is 0 Å². The van der Waals surface area contributed by atoms with Gasteiger partial charge in [0.25, 0.3) is 5.91 Å². The first-order valence-electron chi connectivity index (χ1n) is 10.8. The van der Waals surface area contributed by atoms with Gasteiger partial charge in [-0.25, -0.2) is 0 Å². The number of hydrogen-bond donors (Lipinski definition) is 1. The predicted octanol–water partition coefficient (Wildman–Crippen LogP) is 2.45. The van der Waals surface area contributed by atoms with Gasteiger partial charge in [-0.05, 0) is 43.6 Å². The lowest BCUT2D eigenvalue weighted by Gasteiger charge is -2.37. The number of nitrogens with zero attached hydrogens (tertiary/aromatic N) is 4. The number of amides is 1. The fourth-order valence-corrected chi connectivity index (χ4v) is 4.38. The Morgan fingerprint density at radius 3 is 2.33 bits per heavy atom. The summed E-state index contributed by atoms with van der Waals surface area (Å²) in [6.07, 6.45) is 4.08. The van der Waals surface area contributed by atoms with E-state index in [1.807, 2.05) is 11.9 Å². The lowest BCUT2D eigenvalue weighted by Crippen LogP contribution is -2.54. The van der Waals surface area contributed by atoms with Gasteiger partial charge in [0.2, 0.25) is 0 Å². The molecule has 1 amide bonds. The number of piperazine rings is 1. The molecule has 0 saturated carbocycles. The summed E-state index contributed by atoms with van der Waals surface area (Å²) in [7, 11) is 1.83. The summed E-state index contributed by atoms with van der Waals surface area (Å²) in [5.41, 5.74) is 1.34. The van der Waals surface area contributed by atoms with Gasteiger partial charge in [-0.2, -0.15) is 0 Å². The molecular weight excluding hydrogens is 378 g/mol. The molecular formula is C23H31N5O2. The van der Waals surface area contributed by atoms with Crippen molar-refractivity contribution in [1.29, 1.82) is 0 Å². The van der Waals surface area contributed by atoms with E-state index in [-0.39, 0.29) is 5.91 Å². The Balaban J connectivity index is 1.34. The zero-order chi connectivity index (χ0) is 20.8. The van der Waals surface area contributed by atoms with Crippen LogP contribution in [-0.4, -0.2) is 79.4 Å². The van der Waals surface area contributed by atoms with E-state index in [0.717, 1.165) is 38.7 Å². The van der Waals surface area contributed by atoms with E-state index >= 15 is 0 Å². The highest BCUT2D eigenvalue weighted by Gasteiger charge is 2.27. The first-order valence-corrected chi connectivity index (χ1v) is 10.8. The smallest absolute Gasteiger partial charge is 0.289 e. The summed E-state index contributed by atoms with van der Waals surface area (Å²) in [5.74, 6) is 1.27.